The Morgan fingerprint density at radius 2 is 1.80 bits per heavy atom. The number of carboxylic acids is 1. The topological polar surface area (TPSA) is 131 Å². The quantitative estimate of drug-likeness (QED) is 0.533. The molecule has 8 nitrogen and oxygen atoms in total. The smallest absolute Gasteiger partial charge is 0.408 e. The van der Waals surface area contributed by atoms with Gasteiger partial charge < -0.3 is 31.5 Å². The predicted octanol–water partition coefficient (Wildman–Crippen LogP) is -0.570. The van der Waals surface area contributed by atoms with Gasteiger partial charge in [-0.3, -0.25) is 0 Å². The molecule has 0 aromatic heterocycles. The summed E-state index contributed by atoms with van der Waals surface area (Å²) in [4.78, 5) is 23.6. The van der Waals surface area contributed by atoms with E-state index < -0.39 is 23.7 Å². The Bertz CT molecular complexity index is 290. The molecule has 0 aromatic carbocycles. The first kappa shape index (κ1) is 20.9. The van der Waals surface area contributed by atoms with Gasteiger partial charge in [-0.1, -0.05) is 0 Å². The Kier molecular flexibility index (Phi) is 10.9. The molecule has 6 N–H and O–H groups in total. The van der Waals surface area contributed by atoms with E-state index >= 15 is 0 Å². The Hall–Kier alpha value is -1.38. The van der Waals surface area contributed by atoms with Crippen molar-refractivity contribution in [3.8, 4) is 0 Å². The van der Waals surface area contributed by atoms with Crippen LogP contribution in [-0.4, -0.2) is 67.4 Å². The maximum absolute atomic E-state index is 11.1. The van der Waals surface area contributed by atoms with Gasteiger partial charge in [0, 0.05) is 19.6 Å². The molecule has 0 saturated heterocycles. The van der Waals surface area contributed by atoms with Crippen LogP contribution in [0, 0.1) is 0 Å². The number of carbonyl (C=O) groups is 2. The van der Waals surface area contributed by atoms with E-state index in [2.05, 4.69) is 10.2 Å². The molecule has 8 heteroatoms. The maximum Gasteiger partial charge on any atom is 0.408 e. The van der Waals surface area contributed by atoms with E-state index in [0.717, 1.165) is 13.1 Å². The van der Waals surface area contributed by atoms with E-state index in [1.807, 2.05) is 14.1 Å². The van der Waals surface area contributed by atoms with Gasteiger partial charge in [-0.25, -0.2) is 9.59 Å². The monoisotopic (exact) mass is 292 g/mol. The van der Waals surface area contributed by atoms with Crippen molar-refractivity contribution in [1.29, 1.82) is 0 Å². The molecular weight excluding hydrogens is 264 g/mol. The molecule has 120 valence electrons. The van der Waals surface area contributed by atoms with Crippen molar-refractivity contribution in [3.05, 3.63) is 0 Å². The highest BCUT2D eigenvalue weighted by atomic mass is 16.6. The SMILES string of the molecule is CC(C)(C)OC(=O)N[C@@H](CN)C(=O)O.CN(C)CCN. The molecule has 1 atom stereocenters. The third kappa shape index (κ3) is 14.7. The number of alkyl carbamates (subject to hydrolysis) is 1. The van der Waals surface area contributed by atoms with Crippen molar-refractivity contribution in [3.63, 3.8) is 0 Å². The van der Waals surface area contributed by atoms with Gasteiger partial charge in [0.2, 0.25) is 0 Å². The van der Waals surface area contributed by atoms with Crippen LogP contribution in [0.3, 0.4) is 0 Å². The van der Waals surface area contributed by atoms with E-state index in [4.69, 9.17) is 21.3 Å². The number of hydrogen-bond donors (Lipinski definition) is 4. The lowest BCUT2D eigenvalue weighted by Gasteiger charge is -2.21. The Morgan fingerprint density at radius 3 is 2.00 bits per heavy atom. The highest BCUT2D eigenvalue weighted by molar-refractivity contribution is 5.80. The first-order chi connectivity index (χ1) is 9.03. The summed E-state index contributed by atoms with van der Waals surface area (Å²) in [6.45, 7) is 6.63. The Balaban J connectivity index is 0. The maximum atomic E-state index is 11.1. The van der Waals surface area contributed by atoms with Crippen molar-refractivity contribution in [1.82, 2.24) is 10.2 Å². The average molecular weight is 292 g/mol. The van der Waals surface area contributed by atoms with E-state index in [0.29, 0.717) is 0 Å². The first-order valence-corrected chi connectivity index (χ1v) is 6.30. The second-order valence-corrected chi connectivity index (χ2v) is 5.36. The standard InChI is InChI=1S/C8H16N2O4.C4H12N2/c1-8(2,3)14-7(13)10-5(4-9)6(11)12;1-6(2)4-3-5/h5H,4,9H2,1-3H3,(H,10,13)(H,11,12);3-5H2,1-2H3/t5-;/m0./s1. The summed E-state index contributed by atoms with van der Waals surface area (Å²) in [6.07, 6.45) is -0.782. The van der Waals surface area contributed by atoms with Gasteiger partial charge in [-0.05, 0) is 34.9 Å². The van der Waals surface area contributed by atoms with Crippen LogP contribution >= 0.6 is 0 Å². The molecule has 0 fully saturated rings. The minimum atomic E-state index is -1.18. The fourth-order valence-electron chi connectivity index (χ4n) is 0.929. The summed E-state index contributed by atoms with van der Waals surface area (Å²) in [5, 5.41) is 10.7. The van der Waals surface area contributed by atoms with Gasteiger partial charge in [0.25, 0.3) is 0 Å². The van der Waals surface area contributed by atoms with Crippen LogP contribution < -0.4 is 16.8 Å². The number of likely N-dealkylation sites (N-methyl/N-ethyl adjacent to an activating group) is 1. The van der Waals surface area contributed by atoms with E-state index in [1.54, 1.807) is 20.8 Å². The van der Waals surface area contributed by atoms with Crippen LogP contribution in [0.15, 0.2) is 0 Å². The average Bonchev–Trinajstić information content (AvgIpc) is 2.23. The molecule has 0 rings (SSSR count). The van der Waals surface area contributed by atoms with Crippen molar-refractivity contribution >= 4 is 12.1 Å². The number of nitrogens with two attached hydrogens (primary N) is 2. The summed E-state index contributed by atoms with van der Waals surface area (Å²) in [7, 11) is 4.01. The molecule has 0 spiro atoms. The van der Waals surface area contributed by atoms with Crippen LogP contribution in [0.25, 0.3) is 0 Å². The van der Waals surface area contributed by atoms with Gasteiger partial charge in [-0.2, -0.15) is 0 Å². The van der Waals surface area contributed by atoms with E-state index in [-0.39, 0.29) is 6.54 Å². The molecule has 0 bridgehead atoms. The van der Waals surface area contributed by atoms with Crippen LogP contribution in [0.2, 0.25) is 0 Å². The van der Waals surface area contributed by atoms with E-state index in [1.165, 1.54) is 0 Å². The molecule has 1 amide bonds. The Labute approximate surface area is 120 Å². The molecule has 0 saturated carbocycles. The Morgan fingerprint density at radius 1 is 1.30 bits per heavy atom. The number of carbonyl (C=O) groups excluding carboxylic acids is 1. The number of hydrogen-bond acceptors (Lipinski definition) is 6. The van der Waals surface area contributed by atoms with Gasteiger partial charge in [0.1, 0.15) is 11.6 Å². The molecule has 0 aliphatic rings. The molecule has 20 heavy (non-hydrogen) atoms. The van der Waals surface area contributed by atoms with Crippen molar-refractivity contribution in [2.45, 2.75) is 32.4 Å². The van der Waals surface area contributed by atoms with Gasteiger partial charge in [-0.15, -0.1) is 0 Å². The van der Waals surface area contributed by atoms with Crippen LogP contribution in [0.4, 0.5) is 4.79 Å². The largest absolute Gasteiger partial charge is 0.480 e. The highest BCUT2D eigenvalue weighted by Crippen LogP contribution is 2.06. The zero-order valence-electron chi connectivity index (χ0n) is 13.0. The third-order valence-electron chi connectivity index (χ3n) is 1.80. The zero-order chi connectivity index (χ0) is 16.3. The second-order valence-electron chi connectivity index (χ2n) is 5.36. The van der Waals surface area contributed by atoms with Gasteiger partial charge in [0.15, 0.2) is 0 Å². The number of amides is 1. The summed E-state index contributed by atoms with van der Waals surface area (Å²) in [5.74, 6) is -1.18. The van der Waals surface area contributed by atoms with Crippen molar-refractivity contribution in [2.75, 3.05) is 33.7 Å². The van der Waals surface area contributed by atoms with Crippen LogP contribution in [0.5, 0.6) is 0 Å². The summed E-state index contributed by atoms with van der Waals surface area (Å²) in [5.41, 5.74) is 9.67. The molecule has 0 aliphatic carbocycles. The summed E-state index contributed by atoms with van der Waals surface area (Å²) in [6, 6.07) is -1.11. The fourth-order valence-corrected chi connectivity index (χ4v) is 0.929. The van der Waals surface area contributed by atoms with Crippen LogP contribution in [-0.2, 0) is 9.53 Å². The highest BCUT2D eigenvalue weighted by Gasteiger charge is 2.22. The number of nitrogens with one attached hydrogen (secondary N) is 1. The predicted molar refractivity (Wildman–Crippen MR) is 77.5 cm³/mol. The van der Waals surface area contributed by atoms with Crippen LogP contribution in [0.1, 0.15) is 20.8 Å². The molecule has 0 radical (unpaired) electrons. The molecule has 0 aromatic rings. The molecule has 0 aliphatic heterocycles. The summed E-state index contributed by atoms with van der Waals surface area (Å²) < 4.78 is 4.85. The van der Waals surface area contributed by atoms with Gasteiger partial charge in [0.05, 0.1) is 0 Å². The molecule has 0 unspecified atom stereocenters. The van der Waals surface area contributed by atoms with Crippen molar-refractivity contribution < 1.29 is 19.4 Å². The minimum absolute atomic E-state index is 0.172. The first-order valence-electron chi connectivity index (χ1n) is 6.30. The molecular formula is C12H28N4O4. The minimum Gasteiger partial charge on any atom is -0.480 e. The number of rotatable bonds is 5. The third-order valence-corrected chi connectivity index (χ3v) is 1.80. The number of carboxylic acid groups (broad SMARTS) is 1. The molecule has 0 heterocycles. The lowest BCUT2D eigenvalue weighted by Crippen LogP contribution is -2.47. The zero-order valence-corrected chi connectivity index (χ0v) is 13.0. The van der Waals surface area contributed by atoms with E-state index in [9.17, 15) is 9.59 Å². The lowest BCUT2D eigenvalue weighted by molar-refractivity contribution is -0.139. The number of aliphatic carboxylic acids is 1. The normalized spacial score (nSPS) is 12.2. The number of nitrogens with zero attached hydrogens (tertiary/aromatic N) is 1. The van der Waals surface area contributed by atoms with Gasteiger partial charge >= 0.3 is 12.1 Å². The van der Waals surface area contributed by atoms with Crippen molar-refractivity contribution in [2.24, 2.45) is 11.5 Å². The second kappa shape index (κ2) is 10.4. The lowest BCUT2D eigenvalue weighted by atomic mass is 10.2. The fraction of sp³-hybridized carbons (Fsp3) is 0.833. The summed E-state index contributed by atoms with van der Waals surface area (Å²) >= 11 is 0. The number of ether oxygens (including phenoxy) is 1.